The number of nitrogens with zero attached hydrogens (tertiary/aromatic N) is 1. The van der Waals surface area contributed by atoms with Gasteiger partial charge >= 0.3 is 0 Å². The second-order valence-corrected chi connectivity index (χ2v) is 4.67. The highest BCUT2D eigenvalue weighted by atomic mass is 32.2. The summed E-state index contributed by atoms with van der Waals surface area (Å²) in [5.41, 5.74) is 0. The van der Waals surface area contributed by atoms with Gasteiger partial charge in [0.2, 0.25) is 0 Å². The zero-order chi connectivity index (χ0) is 8.23. The largest absolute Gasteiger partial charge is 0.267 e. The van der Waals surface area contributed by atoms with Crippen molar-refractivity contribution in [3.63, 3.8) is 0 Å². The van der Waals surface area contributed by atoms with Crippen molar-refractivity contribution in [2.24, 2.45) is 10.9 Å². The van der Waals surface area contributed by atoms with Gasteiger partial charge < -0.3 is 0 Å². The first-order chi connectivity index (χ1) is 5.97. The zero-order valence-electron chi connectivity index (χ0n) is 7.28. The van der Waals surface area contributed by atoms with Gasteiger partial charge in [-0.1, -0.05) is 19.3 Å². The van der Waals surface area contributed by atoms with Crippen LogP contribution in [0.4, 0.5) is 0 Å². The second kappa shape index (κ2) is 4.13. The number of rotatable bonds is 1. The molecule has 2 heteroatoms. The van der Waals surface area contributed by atoms with Gasteiger partial charge in [0.1, 0.15) is 0 Å². The Bertz CT molecular complexity index is 192. The molecule has 1 heterocycles. The van der Waals surface area contributed by atoms with E-state index >= 15 is 0 Å². The van der Waals surface area contributed by atoms with Crippen molar-refractivity contribution < 1.29 is 0 Å². The highest BCUT2D eigenvalue weighted by molar-refractivity contribution is 8.03. The van der Waals surface area contributed by atoms with Crippen LogP contribution in [0.3, 0.4) is 0 Å². The second-order valence-electron chi connectivity index (χ2n) is 3.58. The maximum absolute atomic E-state index is 4.21. The van der Waals surface area contributed by atoms with Crippen LogP contribution >= 0.6 is 11.8 Å². The third-order valence-electron chi connectivity index (χ3n) is 2.73. The summed E-state index contributed by atoms with van der Waals surface area (Å²) in [7, 11) is 0. The number of hydrogen-bond donors (Lipinski definition) is 0. The van der Waals surface area contributed by atoms with Gasteiger partial charge in [-0.3, -0.25) is 4.99 Å². The van der Waals surface area contributed by atoms with Crippen LogP contribution in [0.15, 0.2) is 16.6 Å². The quantitative estimate of drug-likeness (QED) is 0.605. The lowest BCUT2D eigenvalue weighted by atomic mass is 9.87. The predicted molar refractivity (Wildman–Crippen MR) is 55.6 cm³/mol. The van der Waals surface area contributed by atoms with Crippen molar-refractivity contribution in [1.82, 2.24) is 0 Å². The standard InChI is InChI=1S/C10H15NS/c1-2-4-9(5-3-1)10-8-11-6-7-12-10/h6-10H,1-5H2. The summed E-state index contributed by atoms with van der Waals surface area (Å²) in [6, 6.07) is 0. The Balaban J connectivity index is 1.90. The number of hydrogen-bond acceptors (Lipinski definition) is 2. The molecule has 1 fully saturated rings. The van der Waals surface area contributed by atoms with E-state index in [2.05, 4.69) is 16.6 Å². The molecule has 1 saturated carbocycles. The first kappa shape index (κ1) is 8.36. The normalized spacial score (nSPS) is 30.8. The third kappa shape index (κ3) is 1.92. The third-order valence-corrected chi connectivity index (χ3v) is 3.83. The average Bonchev–Trinajstić information content (AvgIpc) is 2.21. The van der Waals surface area contributed by atoms with E-state index < -0.39 is 0 Å². The number of aliphatic imine (C=N–C) groups is 1. The molecular weight excluding hydrogens is 166 g/mol. The average molecular weight is 181 g/mol. The van der Waals surface area contributed by atoms with E-state index in [1.54, 1.807) is 0 Å². The van der Waals surface area contributed by atoms with Crippen LogP contribution in [0.5, 0.6) is 0 Å². The van der Waals surface area contributed by atoms with Gasteiger partial charge in [0.05, 0.1) is 0 Å². The van der Waals surface area contributed by atoms with Crippen molar-refractivity contribution in [1.29, 1.82) is 0 Å². The van der Waals surface area contributed by atoms with Crippen LogP contribution in [0, 0.1) is 5.92 Å². The van der Waals surface area contributed by atoms with Crippen molar-refractivity contribution in [3.05, 3.63) is 11.6 Å². The fourth-order valence-electron chi connectivity index (χ4n) is 2.03. The van der Waals surface area contributed by atoms with E-state index in [-0.39, 0.29) is 0 Å². The molecule has 1 unspecified atom stereocenters. The lowest BCUT2D eigenvalue weighted by molar-refractivity contribution is 0.376. The van der Waals surface area contributed by atoms with Gasteiger partial charge in [-0.05, 0) is 24.2 Å². The SMILES string of the molecule is C1=CSC(C2CCCCC2)C=N1. The molecule has 1 nitrogen and oxygen atoms in total. The number of thioether (sulfide) groups is 1. The highest BCUT2D eigenvalue weighted by Crippen LogP contribution is 2.33. The lowest BCUT2D eigenvalue weighted by Gasteiger charge is -2.27. The molecule has 1 aliphatic carbocycles. The summed E-state index contributed by atoms with van der Waals surface area (Å²) < 4.78 is 0. The van der Waals surface area contributed by atoms with Gasteiger partial charge in [0.15, 0.2) is 0 Å². The maximum atomic E-state index is 4.21. The molecule has 0 spiro atoms. The zero-order valence-corrected chi connectivity index (χ0v) is 8.09. The van der Waals surface area contributed by atoms with Crippen LogP contribution in [-0.2, 0) is 0 Å². The molecule has 12 heavy (non-hydrogen) atoms. The fraction of sp³-hybridized carbons (Fsp3) is 0.700. The molecule has 1 atom stereocenters. The van der Waals surface area contributed by atoms with Gasteiger partial charge in [-0.25, -0.2) is 0 Å². The minimum atomic E-state index is 0.676. The van der Waals surface area contributed by atoms with Crippen molar-refractivity contribution in [3.8, 4) is 0 Å². The lowest BCUT2D eigenvalue weighted by Crippen LogP contribution is -2.21. The summed E-state index contributed by atoms with van der Waals surface area (Å²) in [5, 5.41) is 2.80. The van der Waals surface area contributed by atoms with Gasteiger partial charge in [0.25, 0.3) is 0 Å². The van der Waals surface area contributed by atoms with Gasteiger partial charge in [-0.2, -0.15) is 0 Å². The van der Waals surface area contributed by atoms with E-state index in [0.717, 1.165) is 5.92 Å². The van der Waals surface area contributed by atoms with Crippen molar-refractivity contribution in [2.75, 3.05) is 0 Å². The smallest absolute Gasteiger partial charge is 0.0470 e. The maximum Gasteiger partial charge on any atom is 0.0470 e. The molecule has 0 aromatic rings. The molecule has 2 rings (SSSR count). The summed E-state index contributed by atoms with van der Waals surface area (Å²) in [6.07, 6.45) is 11.2. The van der Waals surface area contributed by atoms with E-state index in [4.69, 9.17) is 0 Å². The molecule has 0 aromatic heterocycles. The monoisotopic (exact) mass is 181 g/mol. The topological polar surface area (TPSA) is 12.4 Å². The molecule has 0 bridgehead atoms. The molecule has 0 aromatic carbocycles. The van der Waals surface area contributed by atoms with Crippen molar-refractivity contribution in [2.45, 2.75) is 37.4 Å². The van der Waals surface area contributed by atoms with E-state index in [9.17, 15) is 0 Å². The van der Waals surface area contributed by atoms with E-state index in [0.29, 0.717) is 5.25 Å². The Morgan fingerprint density at radius 2 is 2.00 bits per heavy atom. The molecule has 0 saturated heterocycles. The van der Waals surface area contributed by atoms with Crippen LogP contribution in [0.1, 0.15) is 32.1 Å². The van der Waals surface area contributed by atoms with Gasteiger partial charge in [0, 0.05) is 17.7 Å². The minimum absolute atomic E-state index is 0.676. The van der Waals surface area contributed by atoms with E-state index in [1.807, 2.05) is 18.0 Å². The Labute approximate surface area is 78.3 Å². The first-order valence-electron chi connectivity index (χ1n) is 4.80. The molecule has 0 amide bonds. The summed E-state index contributed by atoms with van der Waals surface area (Å²) in [6.45, 7) is 0. The van der Waals surface area contributed by atoms with Gasteiger partial charge in [-0.15, -0.1) is 11.8 Å². The summed E-state index contributed by atoms with van der Waals surface area (Å²) >= 11 is 1.94. The Kier molecular flexibility index (Phi) is 2.88. The molecule has 0 radical (unpaired) electrons. The minimum Gasteiger partial charge on any atom is -0.267 e. The van der Waals surface area contributed by atoms with Crippen LogP contribution in [0.2, 0.25) is 0 Å². The van der Waals surface area contributed by atoms with E-state index in [1.165, 1.54) is 32.1 Å². The van der Waals surface area contributed by atoms with Crippen molar-refractivity contribution >= 4 is 18.0 Å². The molecule has 2 aliphatic rings. The molecular formula is C10H15NS. The van der Waals surface area contributed by atoms with Crippen LogP contribution < -0.4 is 0 Å². The Hall–Kier alpha value is -0.240. The summed E-state index contributed by atoms with van der Waals surface area (Å²) in [4.78, 5) is 4.21. The van der Waals surface area contributed by atoms with Crippen LogP contribution in [-0.4, -0.2) is 11.5 Å². The molecule has 1 aliphatic heterocycles. The predicted octanol–water partition coefficient (Wildman–Crippen LogP) is 3.22. The molecule has 66 valence electrons. The summed E-state index contributed by atoms with van der Waals surface area (Å²) in [5.74, 6) is 0.900. The highest BCUT2D eigenvalue weighted by Gasteiger charge is 2.22. The Morgan fingerprint density at radius 3 is 2.67 bits per heavy atom. The Morgan fingerprint density at radius 1 is 1.17 bits per heavy atom. The first-order valence-corrected chi connectivity index (χ1v) is 5.75. The van der Waals surface area contributed by atoms with Crippen LogP contribution in [0.25, 0.3) is 0 Å². The molecule has 0 N–H and O–H groups in total. The fourth-order valence-corrected chi connectivity index (χ4v) is 2.98.